The molecule has 0 amide bonds. The highest BCUT2D eigenvalue weighted by molar-refractivity contribution is 9.10. The Balaban J connectivity index is 1.58. The van der Waals surface area contributed by atoms with Crippen molar-refractivity contribution in [1.29, 1.82) is 0 Å². The van der Waals surface area contributed by atoms with Gasteiger partial charge in [0.2, 0.25) is 0 Å². The smallest absolute Gasteiger partial charge is 0.193 e. The van der Waals surface area contributed by atoms with Crippen molar-refractivity contribution in [1.82, 2.24) is 0 Å². The molecule has 1 atom stereocenters. The van der Waals surface area contributed by atoms with Crippen LogP contribution in [0.3, 0.4) is 0 Å². The molecule has 0 aromatic heterocycles. The third-order valence-corrected chi connectivity index (χ3v) is 5.14. The van der Waals surface area contributed by atoms with E-state index in [1.807, 2.05) is 24.3 Å². The topological polar surface area (TPSA) is 72.1 Å². The van der Waals surface area contributed by atoms with Gasteiger partial charge in [0.1, 0.15) is 11.5 Å². The number of nitrogens with zero attached hydrogens (tertiary/aromatic N) is 2. The van der Waals surface area contributed by atoms with Gasteiger partial charge < -0.3 is 25.4 Å². The van der Waals surface area contributed by atoms with Gasteiger partial charge in [-0.1, -0.05) is 22.0 Å². The van der Waals surface area contributed by atoms with Crippen LogP contribution < -0.4 is 25.4 Å². The minimum absolute atomic E-state index is 0.377. The zero-order chi connectivity index (χ0) is 19.2. The van der Waals surface area contributed by atoms with Crippen LogP contribution in [0.5, 0.6) is 11.5 Å². The van der Waals surface area contributed by atoms with Gasteiger partial charge in [-0.25, -0.2) is 0 Å². The van der Waals surface area contributed by atoms with Crippen molar-refractivity contribution in [2.24, 2.45) is 16.6 Å². The number of hydrogen-bond donors (Lipinski definition) is 2. The molecule has 0 aliphatic carbocycles. The maximum atomic E-state index is 6.09. The molecule has 2 aromatic carbocycles. The molecule has 1 unspecified atom stereocenters. The number of ether oxygens (including phenoxy) is 2. The highest BCUT2D eigenvalue weighted by Crippen LogP contribution is 2.29. The summed E-state index contributed by atoms with van der Waals surface area (Å²) in [5.41, 5.74) is 8.06. The molecule has 0 saturated carbocycles. The zero-order valence-corrected chi connectivity index (χ0v) is 17.2. The minimum atomic E-state index is 0.377. The Bertz CT molecular complexity index is 812. The van der Waals surface area contributed by atoms with Crippen LogP contribution in [0.4, 0.5) is 11.4 Å². The van der Waals surface area contributed by atoms with E-state index in [9.17, 15) is 0 Å². The summed E-state index contributed by atoms with van der Waals surface area (Å²) in [6.45, 7) is 2.71. The number of aliphatic imine (C=N–C) groups is 1. The third-order valence-electron chi connectivity index (χ3n) is 4.65. The van der Waals surface area contributed by atoms with Crippen molar-refractivity contribution >= 4 is 33.3 Å². The largest absolute Gasteiger partial charge is 0.497 e. The monoisotopic (exact) mass is 432 g/mol. The number of rotatable bonds is 6. The average Bonchev–Trinajstić information content (AvgIpc) is 3.15. The van der Waals surface area contributed by atoms with Crippen molar-refractivity contribution in [3.8, 4) is 11.5 Å². The van der Waals surface area contributed by atoms with Crippen molar-refractivity contribution in [2.45, 2.75) is 6.42 Å². The fraction of sp³-hybridized carbons (Fsp3) is 0.350. The molecule has 27 heavy (non-hydrogen) atoms. The normalized spacial score (nSPS) is 17.1. The summed E-state index contributed by atoms with van der Waals surface area (Å²) in [7, 11) is 3.25. The highest BCUT2D eigenvalue weighted by atomic mass is 79.9. The Morgan fingerprint density at radius 2 is 2.11 bits per heavy atom. The summed E-state index contributed by atoms with van der Waals surface area (Å²) in [6, 6.07) is 13.9. The van der Waals surface area contributed by atoms with Crippen molar-refractivity contribution < 1.29 is 9.47 Å². The molecule has 1 fully saturated rings. The molecule has 2 aromatic rings. The fourth-order valence-electron chi connectivity index (χ4n) is 3.21. The van der Waals surface area contributed by atoms with E-state index in [0.717, 1.165) is 35.4 Å². The molecule has 7 heteroatoms. The first kappa shape index (κ1) is 19.4. The number of guanidine groups is 1. The first-order valence-electron chi connectivity index (χ1n) is 8.88. The SMILES string of the molecule is COc1ccc(OC)c(NC(N)=NCC2CCN(c3cccc(Br)c3)C2)c1. The predicted octanol–water partition coefficient (Wildman–Crippen LogP) is 3.72. The Morgan fingerprint density at radius 3 is 2.85 bits per heavy atom. The van der Waals surface area contributed by atoms with Crippen LogP contribution in [0.25, 0.3) is 0 Å². The molecular weight excluding hydrogens is 408 g/mol. The van der Waals surface area contributed by atoms with Gasteiger partial charge in [-0.3, -0.25) is 4.99 Å². The maximum Gasteiger partial charge on any atom is 0.193 e. The second-order valence-corrected chi connectivity index (χ2v) is 7.41. The van der Waals surface area contributed by atoms with Crippen LogP contribution >= 0.6 is 15.9 Å². The van der Waals surface area contributed by atoms with Gasteiger partial charge >= 0.3 is 0 Å². The summed E-state index contributed by atoms with van der Waals surface area (Å²) in [6.07, 6.45) is 1.10. The number of methoxy groups -OCH3 is 2. The lowest BCUT2D eigenvalue weighted by molar-refractivity contribution is 0.405. The van der Waals surface area contributed by atoms with Gasteiger partial charge in [-0.2, -0.15) is 0 Å². The number of benzene rings is 2. The molecule has 0 bridgehead atoms. The summed E-state index contributed by atoms with van der Waals surface area (Å²) in [5.74, 6) is 2.28. The fourth-order valence-corrected chi connectivity index (χ4v) is 3.59. The number of anilines is 2. The van der Waals surface area contributed by atoms with Crippen LogP contribution in [-0.4, -0.2) is 39.8 Å². The van der Waals surface area contributed by atoms with Crippen LogP contribution in [0.1, 0.15) is 6.42 Å². The van der Waals surface area contributed by atoms with E-state index in [4.69, 9.17) is 15.2 Å². The number of hydrogen-bond acceptors (Lipinski definition) is 4. The summed E-state index contributed by atoms with van der Waals surface area (Å²) >= 11 is 3.54. The molecule has 6 nitrogen and oxygen atoms in total. The van der Waals surface area contributed by atoms with Crippen LogP contribution in [0.15, 0.2) is 51.9 Å². The maximum absolute atomic E-state index is 6.09. The predicted molar refractivity (Wildman–Crippen MR) is 114 cm³/mol. The van der Waals surface area contributed by atoms with E-state index in [-0.39, 0.29) is 0 Å². The zero-order valence-electron chi connectivity index (χ0n) is 15.6. The molecule has 0 spiro atoms. The molecule has 1 aliphatic rings. The summed E-state index contributed by atoms with van der Waals surface area (Å²) < 4.78 is 11.7. The number of nitrogens with two attached hydrogens (primary N) is 1. The lowest BCUT2D eigenvalue weighted by Crippen LogP contribution is -2.25. The van der Waals surface area contributed by atoms with Crippen LogP contribution in [-0.2, 0) is 0 Å². The highest BCUT2D eigenvalue weighted by Gasteiger charge is 2.22. The average molecular weight is 433 g/mol. The first-order chi connectivity index (χ1) is 13.1. The van der Waals surface area contributed by atoms with E-state index in [1.54, 1.807) is 14.2 Å². The lowest BCUT2D eigenvalue weighted by atomic mass is 10.1. The molecule has 3 rings (SSSR count). The quantitative estimate of drug-likeness (QED) is 0.537. The van der Waals surface area contributed by atoms with E-state index in [0.29, 0.717) is 24.2 Å². The third kappa shape index (κ3) is 5.07. The van der Waals surface area contributed by atoms with E-state index < -0.39 is 0 Å². The molecule has 1 saturated heterocycles. The number of halogens is 1. The molecule has 3 N–H and O–H groups in total. The van der Waals surface area contributed by atoms with Gasteiger partial charge in [0.15, 0.2) is 5.96 Å². The van der Waals surface area contributed by atoms with Gasteiger partial charge in [-0.15, -0.1) is 0 Å². The minimum Gasteiger partial charge on any atom is -0.497 e. The van der Waals surface area contributed by atoms with Gasteiger partial charge in [0.05, 0.1) is 19.9 Å². The van der Waals surface area contributed by atoms with Crippen molar-refractivity contribution in [2.75, 3.05) is 44.1 Å². The molecule has 144 valence electrons. The Morgan fingerprint density at radius 1 is 1.26 bits per heavy atom. The van der Waals surface area contributed by atoms with Crippen molar-refractivity contribution in [3.63, 3.8) is 0 Å². The summed E-state index contributed by atoms with van der Waals surface area (Å²) in [5, 5.41) is 3.11. The van der Waals surface area contributed by atoms with E-state index in [1.165, 1.54) is 5.69 Å². The second kappa shape index (κ2) is 8.99. The molecule has 1 heterocycles. The van der Waals surface area contributed by atoms with Gasteiger partial charge in [0.25, 0.3) is 0 Å². The van der Waals surface area contributed by atoms with Crippen LogP contribution in [0, 0.1) is 5.92 Å². The van der Waals surface area contributed by atoms with Gasteiger partial charge in [0, 0.05) is 35.9 Å². The summed E-state index contributed by atoms with van der Waals surface area (Å²) in [4.78, 5) is 6.92. The Labute approximate surface area is 168 Å². The van der Waals surface area contributed by atoms with Gasteiger partial charge in [-0.05, 0) is 42.7 Å². The Kier molecular flexibility index (Phi) is 6.45. The second-order valence-electron chi connectivity index (χ2n) is 6.50. The Hall–Kier alpha value is -2.41. The standard InChI is InChI=1S/C20H25BrN4O2/c1-26-17-6-7-19(27-2)18(11-17)24-20(22)23-12-14-8-9-25(13-14)16-5-3-4-15(21)10-16/h3-7,10-11,14H,8-9,12-13H2,1-2H3,(H3,22,23,24). The van der Waals surface area contributed by atoms with E-state index in [2.05, 4.69) is 49.3 Å². The molecule has 0 radical (unpaired) electrons. The van der Waals surface area contributed by atoms with Crippen molar-refractivity contribution in [3.05, 3.63) is 46.9 Å². The molecular formula is C20H25BrN4O2. The first-order valence-corrected chi connectivity index (χ1v) is 9.68. The molecule has 1 aliphatic heterocycles. The van der Waals surface area contributed by atoms with Crippen LogP contribution in [0.2, 0.25) is 0 Å². The lowest BCUT2D eigenvalue weighted by Gasteiger charge is -2.18. The number of nitrogens with one attached hydrogen (secondary N) is 1. The van der Waals surface area contributed by atoms with E-state index >= 15 is 0 Å².